The minimum absolute atomic E-state index is 0.207. The number of benzene rings is 4. The van der Waals surface area contributed by atoms with E-state index < -0.39 is 29.8 Å². The Kier molecular flexibility index (Phi) is 5.12. The number of thiophene rings is 1. The Hall–Kier alpha value is -4.10. The molecule has 1 N–H and O–H groups in total. The van der Waals surface area contributed by atoms with Crippen LogP contribution in [0.1, 0.15) is 5.56 Å². The molecule has 0 aliphatic carbocycles. The highest BCUT2D eigenvalue weighted by molar-refractivity contribution is 7.26. The Balaban J connectivity index is 1.62. The van der Waals surface area contributed by atoms with Gasteiger partial charge in [0.25, 0.3) is 5.78 Å². The highest BCUT2D eigenvalue weighted by Gasteiger charge is 2.44. The van der Waals surface area contributed by atoms with Gasteiger partial charge in [-0.05, 0) is 35.4 Å². The summed E-state index contributed by atoms with van der Waals surface area (Å²) in [4.78, 5) is 14.0. The smallest absolute Gasteiger partial charge is 0.454 e. The molecule has 5 aromatic rings. The van der Waals surface area contributed by atoms with Crippen LogP contribution in [-0.2, 0) is 4.79 Å². The van der Waals surface area contributed by atoms with E-state index in [1.807, 2.05) is 72.8 Å². The molecule has 2 heterocycles. The molecule has 0 spiro atoms. The molecule has 6 rings (SSSR count). The maximum absolute atomic E-state index is 13.5. The van der Waals surface area contributed by atoms with Gasteiger partial charge in [0.1, 0.15) is 5.76 Å². The Morgan fingerprint density at radius 2 is 1.56 bits per heavy atom. The Labute approximate surface area is 208 Å². The Morgan fingerprint density at radius 1 is 0.833 bits per heavy atom. The number of anilines is 2. The van der Waals surface area contributed by atoms with Crippen molar-refractivity contribution < 1.29 is 23.1 Å². The molecule has 178 valence electrons. The van der Waals surface area contributed by atoms with Gasteiger partial charge in [0.2, 0.25) is 0 Å². The van der Waals surface area contributed by atoms with E-state index in [1.54, 1.807) is 23.1 Å². The lowest BCUT2D eigenvalue weighted by Gasteiger charge is -2.33. The minimum Gasteiger partial charge on any atom is -0.507 e. The normalized spacial score (nSPS) is 13.9. The zero-order valence-corrected chi connectivity index (χ0v) is 19.5. The maximum atomic E-state index is 13.5. The van der Waals surface area contributed by atoms with Crippen molar-refractivity contribution in [3.63, 3.8) is 0 Å². The lowest BCUT2D eigenvalue weighted by Crippen LogP contribution is -2.34. The molecule has 0 unspecified atom stereocenters. The molecule has 7 heteroatoms. The highest BCUT2D eigenvalue weighted by atomic mass is 32.1. The lowest BCUT2D eigenvalue weighted by molar-refractivity contribution is -0.166. The predicted molar refractivity (Wildman–Crippen MR) is 139 cm³/mol. The van der Waals surface area contributed by atoms with Crippen LogP contribution in [0.2, 0.25) is 0 Å². The van der Waals surface area contributed by atoms with E-state index >= 15 is 0 Å². The van der Waals surface area contributed by atoms with Crippen molar-refractivity contribution in [3.05, 3.63) is 102 Å². The summed E-state index contributed by atoms with van der Waals surface area (Å²) in [6.07, 6.45) is -5.10. The van der Waals surface area contributed by atoms with Gasteiger partial charge in [-0.2, -0.15) is 13.2 Å². The van der Waals surface area contributed by atoms with Gasteiger partial charge >= 0.3 is 6.18 Å². The summed E-state index contributed by atoms with van der Waals surface area (Å²) in [6.45, 7) is -0.400. The van der Waals surface area contributed by atoms with Crippen LogP contribution in [0.5, 0.6) is 0 Å². The maximum Gasteiger partial charge on any atom is 0.454 e. The standard InChI is InChI=1S/C29H18F3NO2S/c30-29(31,32)28(35)23-16-33(19-10-6-9-18(15-19)17-7-2-1-3-8-17)25-22(26(23)34)14-13-21-20-11-4-5-12-24(20)36-27(21)25/h1-15,34H,16H2. The third-order valence-electron chi connectivity index (χ3n) is 6.44. The van der Waals surface area contributed by atoms with E-state index in [9.17, 15) is 23.1 Å². The third-order valence-corrected chi connectivity index (χ3v) is 7.64. The number of ketones is 1. The molecule has 0 amide bonds. The first kappa shape index (κ1) is 22.4. The van der Waals surface area contributed by atoms with Crippen LogP contribution in [-0.4, -0.2) is 23.6 Å². The van der Waals surface area contributed by atoms with Crippen molar-refractivity contribution in [1.82, 2.24) is 0 Å². The number of carbonyl (C=O) groups is 1. The van der Waals surface area contributed by atoms with E-state index in [2.05, 4.69) is 0 Å². The lowest BCUT2D eigenvalue weighted by atomic mass is 9.95. The van der Waals surface area contributed by atoms with Crippen molar-refractivity contribution in [2.45, 2.75) is 6.18 Å². The summed E-state index contributed by atoms with van der Waals surface area (Å²) in [6, 6.07) is 28.4. The van der Waals surface area contributed by atoms with E-state index in [-0.39, 0.29) is 5.56 Å². The Morgan fingerprint density at radius 3 is 2.33 bits per heavy atom. The van der Waals surface area contributed by atoms with Crippen LogP contribution in [0.3, 0.4) is 0 Å². The fourth-order valence-corrected chi connectivity index (χ4v) is 6.02. The summed E-state index contributed by atoms with van der Waals surface area (Å²) in [5.74, 6) is -2.66. The summed E-state index contributed by atoms with van der Waals surface area (Å²) in [7, 11) is 0. The van der Waals surface area contributed by atoms with Crippen molar-refractivity contribution in [2.24, 2.45) is 0 Å². The minimum atomic E-state index is -5.10. The van der Waals surface area contributed by atoms with Gasteiger partial charge in [0.05, 0.1) is 22.5 Å². The zero-order chi connectivity index (χ0) is 25.0. The van der Waals surface area contributed by atoms with Crippen LogP contribution in [0.25, 0.3) is 37.1 Å². The van der Waals surface area contributed by atoms with Gasteiger partial charge in [-0.1, -0.05) is 66.7 Å². The first-order valence-electron chi connectivity index (χ1n) is 11.2. The van der Waals surface area contributed by atoms with Crippen molar-refractivity contribution in [3.8, 4) is 11.1 Å². The summed E-state index contributed by atoms with van der Waals surface area (Å²) in [5, 5.41) is 12.9. The second-order valence-electron chi connectivity index (χ2n) is 8.59. The molecule has 0 radical (unpaired) electrons. The van der Waals surface area contributed by atoms with Crippen LogP contribution in [0, 0.1) is 0 Å². The first-order chi connectivity index (χ1) is 17.3. The largest absolute Gasteiger partial charge is 0.507 e. The summed E-state index contributed by atoms with van der Waals surface area (Å²) in [5.41, 5.74) is 2.61. The molecule has 1 aliphatic heterocycles. The van der Waals surface area contributed by atoms with E-state index in [4.69, 9.17) is 0 Å². The predicted octanol–water partition coefficient (Wildman–Crippen LogP) is 8.27. The molecule has 0 bridgehead atoms. The number of hydrogen-bond donors (Lipinski definition) is 1. The number of halogens is 3. The molecule has 0 fully saturated rings. The Bertz CT molecular complexity index is 1690. The molecule has 0 saturated heterocycles. The number of Topliss-reactive ketones (excluding diaryl/α,β-unsaturated/α-hetero) is 1. The van der Waals surface area contributed by atoms with Gasteiger partial charge in [0.15, 0.2) is 0 Å². The number of carbonyl (C=O) groups excluding carboxylic acids is 1. The fourth-order valence-electron chi connectivity index (χ4n) is 4.76. The summed E-state index contributed by atoms with van der Waals surface area (Å²) >= 11 is 1.51. The number of fused-ring (bicyclic) bond motifs is 5. The second kappa shape index (κ2) is 8.24. The van der Waals surface area contributed by atoms with Crippen molar-refractivity contribution in [1.29, 1.82) is 0 Å². The molecule has 4 aromatic carbocycles. The third kappa shape index (κ3) is 3.55. The van der Waals surface area contributed by atoms with Crippen LogP contribution in [0.4, 0.5) is 24.5 Å². The number of nitrogens with zero attached hydrogens (tertiary/aromatic N) is 1. The molecular weight excluding hydrogens is 483 g/mol. The molecule has 1 aliphatic rings. The van der Waals surface area contributed by atoms with E-state index in [1.165, 1.54) is 11.3 Å². The fraction of sp³-hybridized carbons (Fsp3) is 0.0690. The molecule has 1 aromatic heterocycles. The van der Waals surface area contributed by atoms with E-state index in [0.717, 1.165) is 31.3 Å². The van der Waals surface area contributed by atoms with Gasteiger partial charge in [-0.25, -0.2) is 0 Å². The van der Waals surface area contributed by atoms with Crippen LogP contribution < -0.4 is 4.90 Å². The number of aliphatic hydroxyl groups is 1. The molecule has 3 nitrogen and oxygen atoms in total. The monoisotopic (exact) mass is 501 g/mol. The van der Waals surface area contributed by atoms with Crippen LogP contribution >= 0.6 is 11.3 Å². The molecular formula is C29H18F3NO2S. The number of aliphatic hydroxyl groups excluding tert-OH is 1. The average molecular weight is 502 g/mol. The molecule has 0 atom stereocenters. The number of rotatable bonds is 3. The SMILES string of the molecule is O=C(C1=C(O)c2ccc3c(sc4ccccc43)c2N(c2cccc(-c3ccccc3)c2)C1)C(F)(F)F. The van der Waals surface area contributed by atoms with E-state index in [0.29, 0.717) is 11.4 Å². The van der Waals surface area contributed by atoms with Crippen molar-refractivity contribution in [2.75, 3.05) is 11.4 Å². The summed E-state index contributed by atoms with van der Waals surface area (Å²) < 4.78 is 42.3. The molecule has 0 saturated carbocycles. The quantitative estimate of drug-likeness (QED) is 0.270. The number of hydrogen-bond acceptors (Lipinski definition) is 4. The van der Waals surface area contributed by atoms with Gasteiger partial charge in [-0.3, -0.25) is 4.79 Å². The number of alkyl halides is 3. The van der Waals surface area contributed by atoms with Crippen molar-refractivity contribution >= 4 is 54.4 Å². The van der Waals surface area contributed by atoms with Gasteiger partial charge in [0, 0.05) is 26.7 Å². The second-order valence-corrected chi connectivity index (χ2v) is 9.65. The van der Waals surface area contributed by atoms with Crippen LogP contribution in [0.15, 0.2) is 96.6 Å². The molecule has 36 heavy (non-hydrogen) atoms. The van der Waals surface area contributed by atoms with Gasteiger partial charge in [-0.15, -0.1) is 11.3 Å². The zero-order valence-electron chi connectivity index (χ0n) is 18.7. The van der Waals surface area contributed by atoms with Gasteiger partial charge < -0.3 is 10.0 Å². The highest BCUT2D eigenvalue weighted by Crippen LogP contribution is 2.48. The first-order valence-corrected chi connectivity index (χ1v) is 12.1. The topological polar surface area (TPSA) is 40.5 Å². The average Bonchev–Trinajstić information content (AvgIpc) is 3.28.